The van der Waals surface area contributed by atoms with Gasteiger partial charge in [0.1, 0.15) is 18.4 Å². The number of rotatable bonds is 5. The number of piperazine rings is 1. The summed E-state index contributed by atoms with van der Waals surface area (Å²) in [4.78, 5) is 37.8. The maximum atomic E-state index is 12.2. The van der Waals surface area contributed by atoms with Crippen molar-refractivity contribution in [3.63, 3.8) is 0 Å². The van der Waals surface area contributed by atoms with Gasteiger partial charge in [-0.25, -0.2) is 0 Å². The van der Waals surface area contributed by atoms with Crippen LogP contribution in [-0.2, 0) is 20.8 Å². The van der Waals surface area contributed by atoms with Crippen LogP contribution in [0.15, 0.2) is 35.9 Å². The molecule has 1 fully saturated rings. The quantitative estimate of drug-likeness (QED) is 0.465. The second-order valence-corrected chi connectivity index (χ2v) is 6.07. The maximum absolute atomic E-state index is 12.2. The summed E-state index contributed by atoms with van der Waals surface area (Å²) in [6.07, 6.45) is 2.34. The smallest absolute Gasteiger partial charge is 0.318 e. The molecule has 1 heterocycles. The second kappa shape index (κ2) is 7.29. The molecule has 6 heteroatoms. The van der Waals surface area contributed by atoms with Gasteiger partial charge in [0.15, 0.2) is 0 Å². The van der Waals surface area contributed by atoms with Crippen LogP contribution in [0.3, 0.4) is 0 Å². The van der Waals surface area contributed by atoms with Gasteiger partial charge in [-0.05, 0) is 37.6 Å². The zero-order valence-electron chi connectivity index (χ0n) is 14.4. The molecule has 0 spiro atoms. The molecule has 0 radical (unpaired) electrons. The summed E-state index contributed by atoms with van der Waals surface area (Å²) in [6.45, 7) is 4.52. The van der Waals surface area contributed by atoms with E-state index >= 15 is 0 Å². The highest BCUT2D eigenvalue weighted by Gasteiger charge is 2.41. The molecule has 1 aromatic carbocycles. The van der Waals surface area contributed by atoms with Crippen LogP contribution in [0.2, 0.25) is 0 Å². The summed E-state index contributed by atoms with van der Waals surface area (Å²) >= 11 is 0. The highest BCUT2D eigenvalue weighted by atomic mass is 16.5. The van der Waals surface area contributed by atoms with Crippen LogP contribution in [0.25, 0.3) is 0 Å². The van der Waals surface area contributed by atoms with Gasteiger partial charge in [0.2, 0.25) is 0 Å². The SMILES string of the molecule is CC(C)=CCOc1ccc(CC2C(=O)N(C)C(=O)C(=O)N2C)cc1. The van der Waals surface area contributed by atoms with Crippen molar-refractivity contribution >= 4 is 17.7 Å². The number of carbonyl (C=O) groups excluding carboxylic acids is 3. The van der Waals surface area contributed by atoms with Crippen molar-refractivity contribution < 1.29 is 19.1 Å². The van der Waals surface area contributed by atoms with Crippen LogP contribution < -0.4 is 4.74 Å². The average molecular weight is 330 g/mol. The van der Waals surface area contributed by atoms with Gasteiger partial charge >= 0.3 is 11.8 Å². The van der Waals surface area contributed by atoms with E-state index in [1.807, 2.05) is 44.2 Å². The van der Waals surface area contributed by atoms with E-state index in [1.54, 1.807) is 0 Å². The van der Waals surface area contributed by atoms with Crippen LogP contribution in [-0.4, -0.2) is 54.3 Å². The largest absolute Gasteiger partial charge is 0.490 e. The van der Waals surface area contributed by atoms with Gasteiger partial charge in [0, 0.05) is 20.5 Å². The third-order valence-corrected chi connectivity index (χ3v) is 3.99. The lowest BCUT2D eigenvalue weighted by Gasteiger charge is -2.34. The Morgan fingerprint density at radius 3 is 2.29 bits per heavy atom. The van der Waals surface area contributed by atoms with Crippen molar-refractivity contribution in [1.29, 1.82) is 0 Å². The molecular weight excluding hydrogens is 308 g/mol. The van der Waals surface area contributed by atoms with Gasteiger partial charge in [-0.15, -0.1) is 0 Å². The first-order valence-electron chi connectivity index (χ1n) is 7.75. The molecule has 24 heavy (non-hydrogen) atoms. The zero-order chi connectivity index (χ0) is 17.9. The number of ether oxygens (including phenoxy) is 1. The van der Waals surface area contributed by atoms with Crippen molar-refractivity contribution in [3.05, 3.63) is 41.5 Å². The van der Waals surface area contributed by atoms with Crippen molar-refractivity contribution in [1.82, 2.24) is 9.80 Å². The summed E-state index contributed by atoms with van der Waals surface area (Å²) < 4.78 is 5.59. The van der Waals surface area contributed by atoms with Gasteiger partial charge in [-0.1, -0.05) is 17.7 Å². The van der Waals surface area contributed by atoms with E-state index in [1.165, 1.54) is 24.6 Å². The Hall–Kier alpha value is -2.63. The lowest BCUT2D eigenvalue weighted by Crippen LogP contribution is -2.60. The number of allylic oxidation sites excluding steroid dienone is 1. The molecule has 3 amide bonds. The van der Waals surface area contributed by atoms with Crippen LogP contribution in [0.1, 0.15) is 19.4 Å². The lowest BCUT2D eigenvalue weighted by atomic mass is 10.0. The summed E-state index contributed by atoms with van der Waals surface area (Å²) in [7, 11) is 2.81. The van der Waals surface area contributed by atoms with Gasteiger partial charge in [0.25, 0.3) is 5.91 Å². The Morgan fingerprint density at radius 2 is 1.71 bits per heavy atom. The Balaban J connectivity index is 2.05. The summed E-state index contributed by atoms with van der Waals surface area (Å²) in [5.74, 6) is -1.08. The molecule has 1 aliphatic heterocycles. The number of likely N-dealkylation sites (N-methyl/N-ethyl adjacent to an activating group) is 2. The lowest BCUT2D eigenvalue weighted by molar-refractivity contribution is -0.165. The molecule has 0 aliphatic carbocycles. The van der Waals surface area contributed by atoms with Crippen molar-refractivity contribution in [2.75, 3.05) is 20.7 Å². The fourth-order valence-corrected chi connectivity index (χ4v) is 2.40. The van der Waals surface area contributed by atoms with Gasteiger partial charge < -0.3 is 9.64 Å². The van der Waals surface area contributed by atoms with Crippen LogP contribution in [0.4, 0.5) is 0 Å². The minimum Gasteiger partial charge on any atom is -0.490 e. The molecule has 2 rings (SSSR count). The van der Waals surface area contributed by atoms with E-state index < -0.39 is 17.9 Å². The Morgan fingerprint density at radius 1 is 1.08 bits per heavy atom. The Kier molecular flexibility index (Phi) is 5.39. The van der Waals surface area contributed by atoms with Crippen LogP contribution >= 0.6 is 0 Å². The summed E-state index contributed by atoms with van der Waals surface area (Å²) in [5, 5.41) is 0. The normalized spacial score (nSPS) is 18.0. The molecule has 1 unspecified atom stereocenters. The first kappa shape index (κ1) is 17.7. The van der Waals surface area contributed by atoms with Crippen molar-refractivity contribution in [3.8, 4) is 5.75 Å². The minimum absolute atomic E-state index is 0.354. The fourth-order valence-electron chi connectivity index (χ4n) is 2.40. The van der Waals surface area contributed by atoms with Gasteiger partial charge in [-0.2, -0.15) is 0 Å². The molecule has 0 N–H and O–H groups in total. The molecule has 6 nitrogen and oxygen atoms in total. The molecular formula is C18H22N2O4. The van der Waals surface area contributed by atoms with Crippen LogP contribution in [0.5, 0.6) is 5.75 Å². The van der Waals surface area contributed by atoms with Crippen molar-refractivity contribution in [2.24, 2.45) is 0 Å². The number of hydrogen-bond acceptors (Lipinski definition) is 4. The van der Waals surface area contributed by atoms with Gasteiger partial charge in [-0.3, -0.25) is 19.3 Å². The Labute approximate surface area is 141 Å². The predicted octanol–water partition coefficient (Wildman–Crippen LogP) is 1.40. The number of benzene rings is 1. The average Bonchev–Trinajstić information content (AvgIpc) is 2.56. The van der Waals surface area contributed by atoms with Crippen molar-refractivity contribution in [2.45, 2.75) is 26.3 Å². The predicted molar refractivity (Wildman–Crippen MR) is 89.4 cm³/mol. The standard InChI is InChI=1S/C18H22N2O4/c1-12(2)9-10-24-14-7-5-13(6-8-14)11-15-16(21)20(4)18(23)17(22)19(15)3/h5-9,15H,10-11H2,1-4H3. The monoisotopic (exact) mass is 330 g/mol. The van der Waals surface area contributed by atoms with Crippen LogP contribution in [0, 0.1) is 0 Å². The molecule has 1 aromatic rings. The first-order valence-corrected chi connectivity index (χ1v) is 7.75. The fraction of sp³-hybridized carbons (Fsp3) is 0.389. The highest BCUT2D eigenvalue weighted by Crippen LogP contribution is 2.18. The first-order chi connectivity index (χ1) is 11.3. The zero-order valence-corrected chi connectivity index (χ0v) is 14.4. The minimum atomic E-state index is -0.790. The third-order valence-electron chi connectivity index (χ3n) is 3.99. The summed E-state index contributed by atoms with van der Waals surface area (Å²) in [6, 6.07) is 6.72. The molecule has 0 bridgehead atoms. The molecule has 0 aromatic heterocycles. The number of carbonyl (C=O) groups is 3. The van der Waals surface area contributed by atoms with E-state index in [2.05, 4.69) is 0 Å². The number of hydrogen-bond donors (Lipinski definition) is 0. The third kappa shape index (κ3) is 3.82. The second-order valence-electron chi connectivity index (χ2n) is 6.07. The van der Waals surface area contributed by atoms with E-state index in [-0.39, 0.29) is 5.91 Å². The Bertz CT molecular complexity index is 675. The number of amides is 3. The molecule has 1 saturated heterocycles. The molecule has 0 saturated carbocycles. The molecule has 1 aliphatic rings. The molecule has 1 atom stereocenters. The van der Waals surface area contributed by atoms with E-state index in [9.17, 15) is 14.4 Å². The highest BCUT2D eigenvalue weighted by molar-refractivity contribution is 6.39. The summed E-state index contributed by atoms with van der Waals surface area (Å²) in [5.41, 5.74) is 2.08. The van der Waals surface area contributed by atoms with E-state index in [4.69, 9.17) is 4.74 Å². The molecule has 128 valence electrons. The topological polar surface area (TPSA) is 66.9 Å². The number of imide groups is 1. The number of nitrogens with zero attached hydrogens (tertiary/aromatic N) is 2. The van der Waals surface area contributed by atoms with Gasteiger partial charge in [0.05, 0.1) is 0 Å². The van der Waals surface area contributed by atoms with E-state index in [0.29, 0.717) is 13.0 Å². The maximum Gasteiger partial charge on any atom is 0.318 e. The van der Waals surface area contributed by atoms with E-state index in [0.717, 1.165) is 16.2 Å².